The molecule has 6 heteroatoms. The van der Waals surface area contributed by atoms with Crippen LogP contribution in [0.15, 0.2) is 18.2 Å². The van der Waals surface area contributed by atoms with E-state index in [1.165, 1.54) is 12.1 Å². The molecule has 3 N–H and O–H groups in total. The van der Waals surface area contributed by atoms with Crippen LogP contribution in [0.2, 0.25) is 0 Å². The SMILES string of the molecule is CCCC(NC(=O)NCCc1ccc(F)cc1C)C(=O)O. The fourth-order valence-corrected chi connectivity index (χ4v) is 2.01. The van der Waals surface area contributed by atoms with Gasteiger partial charge >= 0.3 is 12.0 Å². The minimum atomic E-state index is -1.04. The van der Waals surface area contributed by atoms with E-state index >= 15 is 0 Å². The number of halogens is 1. The van der Waals surface area contributed by atoms with Crippen molar-refractivity contribution in [3.05, 3.63) is 35.1 Å². The molecule has 1 aromatic carbocycles. The summed E-state index contributed by atoms with van der Waals surface area (Å²) in [5, 5.41) is 14.0. The maximum atomic E-state index is 13.0. The number of aryl methyl sites for hydroxylation is 1. The molecule has 1 unspecified atom stereocenters. The van der Waals surface area contributed by atoms with Gasteiger partial charge in [0, 0.05) is 6.54 Å². The van der Waals surface area contributed by atoms with Gasteiger partial charge in [0.05, 0.1) is 0 Å². The van der Waals surface area contributed by atoms with Gasteiger partial charge in [-0.15, -0.1) is 0 Å². The van der Waals surface area contributed by atoms with E-state index in [1.54, 1.807) is 13.0 Å². The quantitative estimate of drug-likeness (QED) is 0.722. The summed E-state index contributed by atoms with van der Waals surface area (Å²) in [5.74, 6) is -1.33. The molecule has 21 heavy (non-hydrogen) atoms. The Morgan fingerprint density at radius 2 is 2.10 bits per heavy atom. The standard InChI is InChI=1S/C15H21FN2O3/c1-3-4-13(14(19)20)18-15(21)17-8-7-11-5-6-12(16)9-10(11)2/h5-6,9,13H,3-4,7-8H2,1-2H3,(H,19,20)(H2,17,18,21). The molecule has 1 aromatic rings. The third-order valence-corrected chi connectivity index (χ3v) is 3.17. The van der Waals surface area contributed by atoms with E-state index in [-0.39, 0.29) is 5.82 Å². The first-order valence-corrected chi connectivity index (χ1v) is 6.96. The number of carboxylic acid groups (broad SMARTS) is 1. The highest BCUT2D eigenvalue weighted by Gasteiger charge is 2.18. The van der Waals surface area contributed by atoms with E-state index in [4.69, 9.17) is 5.11 Å². The summed E-state index contributed by atoms with van der Waals surface area (Å²) >= 11 is 0. The monoisotopic (exact) mass is 296 g/mol. The summed E-state index contributed by atoms with van der Waals surface area (Å²) < 4.78 is 13.0. The zero-order valence-corrected chi connectivity index (χ0v) is 12.3. The highest BCUT2D eigenvalue weighted by Crippen LogP contribution is 2.10. The van der Waals surface area contributed by atoms with E-state index in [0.717, 1.165) is 11.1 Å². The number of amides is 2. The molecule has 2 amide bonds. The Morgan fingerprint density at radius 3 is 2.67 bits per heavy atom. The molecule has 0 aliphatic heterocycles. The van der Waals surface area contributed by atoms with Crippen LogP contribution in [0.1, 0.15) is 30.9 Å². The smallest absolute Gasteiger partial charge is 0.326 e. The van der Waals surface area contributed by atoms with E-state index < -0.39 is 18.0 Å². The molecule has 116 valence electrons. The summed E-state index contributed by atoms with van der Waals surface area (Å²) in [6.45, 7) is 4.02. The normalized spacial score (nSPS) is 11.8. The summed E-state index contributed by atoms with van der Waals surface area (Å²) in [6, 6.07) is 3.13. The first kappa shape index (κ1) is 16.9. The lowest BCUT2D eigenvalue weighted by Gasteiger charge is -2.14. The van der Waals surface area contributed by atoms with Crippen LogP contribution in [0.5, 0.6) is 0 Å². The lowest BCUT2D eigenvalue weighted by atomic mass is 10.1. The maximum Gasteiger partial charge on any atom is 0.326 e. The van der Waals surface area contributed by atoms with Gasteiger partial charge in [0.2, 0.25) is 0 Å². The molecule has 0 bridgehead atoms. The molecule has 0 aliphatic carbocycles. The van der Waals surface area contributed by atoms with Crippen LogP contribution in [0.3, 0.4) is 0 Å². The number of carbonyl (C=O) groups excluding carboxylic acids is 1. The minimum Gasteiger partial charge on any atom is -0.480 e. The zero-order valence-electron chi connectivity index (χ0n) is 12.3. The zero-order chi connectivity index (χ0) is 15.8. The second-order valence-corrected chi connectivity index (χ2v) is 4.90. The van der Waals surface area contributed by atoms with Crippen molar-refractivity contribution in [3.63, 3.8) is 0 Å². The minimum absolute atomic E-state index is 0.286. The molecule has 0 radical (unpaired) electrons. The number of rotatable bonds is 7. The highest BCUT2D eigenvalue weighted by molar-refractivity contribution is 5.82. The molecule has 0 heterocycles. The van der Waals surface area contributed by atoms with Gasteiger partial charge in [-0.3, -0.25) is 0 Å². The van der Waals surface area contributed by atoms with Crippen molar-refractivity contribution in [1.29, 1.82) is 0 Å². The van der Waals surface area contributed by atoms with Crippen LogP contribution >= 0.6 is 0 Å². The molecule has 0 spiro atoms. The van der Waals surface area contributed by atoms with Gasteiger partial charge in [-0.2, -0.15) is 0 Å². The van der Waals surface area contributed by atoms with Gasteiger partial charge in [-0.05, 0) is 43.0 Å². The molecule has 1 rings (SSSR count). The number of aliphatic carboxylic acids is 1. The van der Waals surface area contributed by atoms with Crippen molar-refractivity contribution in [2.75, 3.05) is 6.54 Å². The van der Waals surface area contributed by atoms with Crippen LogP contribution in [0.4, 0.5) is 9.18 Å². The van der Waals surface area contributed by atoms with Gasteiger partial charge in [0.25, 0.3) is 0 Å². The lowest BCUT2D eigenvalue weighted by molar-refractivity contribution is -0.139. The number of hydrogen-bond acceptors (Lipinski definition) is 2. The number of carboxylic acids is 1. The Morgan fingerprint density at radius 1 is 1.38 bits per heavy atom. The largest absolute Gasteiger partial charge is 0.480 e. The fraction of sp³-hybridized carbons (Fsp3) is 0.467. The average Bonchev–Trinajstić information content (AvgIpc) is 2.40. The van der Waals surface area contributed by atoms with E-state index in [0.29, 0.717) is 25.8 Å². The molecule has 1 atom stereocenters. The number of hydrogen-bond donors (Lipinski definition) is 3. The second kappa shape index (κ2) is 8.24. The molecule has 0 aliphatic rings. The van der Waals surface area contributed by atoms with Crippen molar-refractivity contribution in [2.24, 2.45) is 0 Å². The first-order chi connectivity index (χ1) is 9.93. The molecule has 0 aromatic heterocycles. The van der Waals surface area contributed by atoms with Gasteiger partial charge in [0.1, 0.15) is 11.9 Å². The van der Waals surface area contributed by atoms with Crippen LogP contribution in [0.25, 0.3) is 0 Å². The highest BCUT2D eigenvalue weighted by atomic mass is 19.1. The van der Waals surface area contributed by atoms with Gasteiger partial charge in [-0.25, -0.2) is 14.0 Å². The third kappa shape index (κ3) is 5.81. The van der Waals surface area contributed by atoms with Crippen molar-refractivity contribution >= 4 is 12.0 Å². The summed E-state index contributed by atoms with van der Waals surface area (Å²) in [5.41, 5.74) is 1.77. The van der Waals surface area contributed by atoms with Crippen LogP contribution in [-0.4, -0.2) is 29.7 Å². The molecule has 5 nitrogen and oxygen atoms in total. The summed E-state index contributed by atoms with van der Waals surface area (Å²) in [6.07, 6.45) is 1.62. The van der Waals surface area contributed by atoms with Gasteiger partial charge in [0.15, 0.2) is 0 Å². The number of nitrogens with one attached hydrogen (secondary N) is 2. The van der Waals surface area contributed by atoms with E-state index in [1.807, 2.05) is 6.92 Å². The van der Waals surface area contributed by atoms with E-state index in [2.05, 4.69) is 10.6 Å². The number of urea groups is 1. The first-order valence-electron chi connectivity index (χ1n) is 6.96. The van der Waals surface area contributed by atoms with Crippen molar-refractivity contribution in [2.45, 2.75) is 39.2 Å². The van der Waals surface area contributed by atoms with Crippen molar-refractivity contribution in [1.82, 2.24) is 10.6 Å². The fourth-order valence-electron chi connectivity index (χ4n) is 2.01. The maximum absolute atomic E-state index is 13.0. The van der Waals surface area contributed by atoms with Gasteiger partial charge < -0.3 is 15.7 Å². The molecular weight excluding hydrogens is 275 g/mol. The Balaban J connectivity index is 2.41. The Bertz CT molecular complexity index is 506. The second-order valence-electron chi connectivity index (χ2n) is 4.90. The van der Waals surface area contributed by atoms with Crippen LogP contribution < -0.4 is 10.6 Å². The Kier molecular flexibility index (Phi) is 6.65. The number of carbonyl (C=O) groups is 2. The van der Waals surface area contributed by atoms with Gasteiger partial charge in [-0.1, -0.05) is 19.4 Å². The predicted molar refractivity (Wildman–Crippen MR) is 77.7 cm³/mol. The van der Waals surface area contributed by atoms with Crippen LogP contribution in [-0.2, 0) is 11.2 Å². The number of benzene rings is 1. The summed E-state index contributed by atoms with van der Waals surface area (Å²) in [7, 11) is 0. The third-order valence-electron chi connectivity index (χ3n) is 3.17. The topological polar surface area (TPSA) is 78.4 Å². The average molecular weight is 296 g/mol. The van der Waals surface area contributed by atoms with Crippen molar-refractivity contribution in [3.8, 4) is 0 Å². The molecule has 0 saturated heterocycles. The Hall–Kier alpha value is -2.11. The lowest BCUT2D eigenvalue weighted by Crippen LogP contribution is -2.46. The summed E-state index contributed by atoms with van der Waals surface area (Å²) in [4.78, 5) is 22.5. The predicted octanol–water partition coefficient (Wildman–Crippen LogP) is 2.23. The Labute approximate surface area is 123 Å². The van der Waals surface area contributed by atoms with E-state index in [9.17, 15) is 14.0 Å². The molecule has 0 fully saturated rings. The molecular formula is C15H21FN2O3. The van der Waals surface area contributed by atoms with Crippen molar-refractivity contribution < 1.29 is 19.1 Å². The van der Waals surface area contributed by atoms with Crippen LogP contribution in [0, 0.1) is 12.7 Å². The molecule has 0 saturated carbocycles.